The fourth-order valence-electron chi connectivity index (χ4n) is 4.18. The van der Waals surface area contributed by atoms with Crippen molar-refractivity contribution in [3.63, 3.8) is 0 Å². The second-order valence-electron chi connectivity index (χ2n) is 7.67. The summed E-state index contributed by atoms with van der Waals surface area (Å²) in [5.74, 6) is 0.610. The summed E-state index contributed by atoms with van der Waals surface area (Å²) < 4.78 is 0. The van der Waals surface area contributed by atoms with Crippen LogP contribution in [0.3, 0.4) is 0 Å². The predicted molar refractivity (Wildman–Crippen MR) is 115 cm³/mol. The number of likely N-dealkylation sites (tertiary alicyclic amines) is 1. The minimum atomic E-state index is 0.610. The predicted octanol–water partition coefficient (Wildman–Crippen LogP) is 5.40. The lowest BCUT2D eigenvalue weighted by Gasteiger charge is -2.22. The Kier molecular flexibility index (Phi) is 5.24. The Labute approximate surface area is 162 Å². The Bertz CT molecular complexity index is 873. The van der Waals surface area contributed by atoms with Crippen LogP contribution in [0.25, 0.3) is 5.70 Å². The van der Waals surface area contributed by atoms with Gasteiger partial charge in [-0.1, -0.05) is 61.2 Å². The molecule has 2 heteroatoms. The number of allylic oxidation sites excluding steroid dienone is 1. The van der Waals surface area contributed by atoms with E-state index in [1.54, 1.807) is 0 Å². The molecular weight excluding hydrogens is 328 g/mol. The lowest BCUT2D eigenvalue weighted by atomic mass is 9.94. The molecule has 2 heterocycles. The number of hydrogen-bond acceptors (Lipinski definition) is 2. The van der Waals surface area contributed by atoms with E-state index in [0.717, 1.165) is 38.2 Å². The molecule has 0 bridgehead atoms. The molecule has 1 atom stereocenters. The van der Waals surface area contributed by atoms with Crippen LogP contribution in [0.15, 0.2) is 72.3 Å². The molecule has 2 aromatic rings. The maximum atomic E-state index is 4.59. The van der Waals surface area contributed by atoms with E-state index in [1.165, 1.54) is 34.4 Å². The molecule has 0 aromatic heterocycles. The Morgan fingerprint density at radius 3 is 2.70 bits per heavy atom. The summed E-state index contributed by atoms with van der Waals surface area (Å²) in [7, 11) is 0. The van der Waals surface area contributed by atoms with Gasteiger partial charge in [0.25, 0.3) is 0 Å². The van der Waals surface area contributed by atoms with Crippen LogP contribution in [-0.4, -0.2) is 30.2 Å². The van der Waals surface area contributed by atoms with Crippen molar-refractivity contribution < 1.29 is 0 Å². The highest BCUT2D eigenvalue weighted by atomic mass is 15.2. The molecule has 2 aliphatic heterocycles. The highest BCUT2D eigenvalue weighted by molar-refractivity contribution is 5.97. The van der Waals surface area contributed by atoms with E-state index in [-0.39, 0.29) is 0 Å². The Morgan fingerprint density at radius 2 is 1.96 bits per heavy atom. The SMILES string of the molecule is C=C(c1ccc(CC2=NCCC=C2)cc1)N1CCC(c2ccccc2C)C1. The van der Waals surface area contributed by atoms with E-state index in [1.807, 2.05) is 0 Å². The highest BCUT2D eigenvalue weighted by Crippen LogP contribution is 2.33. The first-order valence-electron chi connectivity index (χ1n) is 9.99. The van der Waals surface area contributed by atoms with Crippen LogP contribution in [-0.2, 0) is 6.42 Å². The van der Waals surface area contributed by atoms with Gasteiger partial charge in [0, 0.05) is 43.4 Å². The molecule has 4 rings (SSSR count). The van der Waals surface area contributed by atoms with E-state index in [0.29, 0.717) is 5.92 Å². The molecule has 2 aliphatic rings. The molecule has 27 heavy (non-hydrogen) atoms. The molecule has 1 saturated heterocycles. The van der Waals surface area contributed by atoms with Gasteiger partial charge >= 0.3 is 0 Å². The van der Waals surface area contributed by atoms with Crippen LogP contribution in [0.2, 0.25) is 0 Å². The zero-order valence-corrected chi connectivity index (χ0v) is 16.2. The number of aliphatic imine (C=N–C) groups is 1. The molecular formula is C25H28N2. The summed E-state index contributed by atoms with van der Waals surface area (Å²) >= 11 is 0. The molecule has 0 spiro atoms. The van der Waals surface area contributed by atoms with Crippen molar-refractivity contribution in [1.29, 1.82) is 0 Å². The average molecular weight is 357 g/mol. The number of hydrogen-bond donors (Lipinski definition) is 0. The van der Waals surface area contributed by atoms with Crippen LogP contribution in [0, 0.1) is 6.92 Å². The van der Waals surface area contributed by atoms with Crippen LogP contribution in [0.5, 0.6) is 0 Å². The minimum Gasteiger partial charge on any atom is -0.371 e. The molecule has 0 amide bonds. The Balaban J connectivity index is 1.40. The van der Waals surface area contributed by atoms with Gasteiger partial charge in [0.1, 0.15) is 0 Å². The summed E-state index contributed by atoms with van der Waals surface area (Å²) in [5, 5.41) is 0. The first-order valence-corrected chi connectivity index (χ1v) is 9.99. The minimum absolute atomic E-state index is 0.610. The molecule has 1 fully saturated rings. The number of benzene rings is 2. The van der Waals surface area contributed by atoms with Crippen LogP contribution in [0.1, 0.15) is 41.0 Å². The molecule has 0 radical (unpaired) electrons. The Hall–Kier alpha value is -2.61. The van der Waals surface area contributed by atoms with Crippen molar-refractivity contribution in [1.82, 2.24) is 4.90 Å². The van der Waals surface area contributed by atoms with Crippen molar-refractivity contribution in [2.75, 3.05) is 19.6 Å². The second kappa shape index (κ2) is 7.96. The van der Waals surface area contributed by atoms with Crippen molar-refractivity contribution in [3.8, 4) is 0 Å². The lowest BCUT2D eigenvalue weighted by Crippen LogP contribution is -2.18. The highest BCUT2D eigenvalue weighted by Gasteiger charge is 2.25. The molecule has 0 N–H and O–H groups in total. The molecule has 138 valence electrons. The van der Waals surface area contributed by atoms with Gasteiger partial charge in [0.05, 0.1) is 0 Å². The summed E-state index contributed by atoms with van der Waals surface area (Å²) in [6.45, 7) is 9.69. The van der Waals surface area contributed by atoms with E-state index in [4.69, 9.17) is 0 Å². The molecule has 0 aliphatic carbocycles. The molecule has 2 nitrogen and oxygen atoms in total. The van der Waals surface area contributed by atoms with Gasteiger partial charge in [0.2, 0.25) is 0 Å². The standard InChI is InChI=1S/C25H28N2/c1-19-7-3-4-9-25(19)23-14-16-27(18-23)20(2)22-12-10-21(11-13-22)17-24-8-5-6-15-26-24/h3-5,7-13,23H,2,6,14-18H2,1H3. The number of rotatable bonds is 5. The van der Waals surface area contributed by atoms with E-state index < -0.39 is 0 Å². The summed E-state index contributed by atoms with van der Waals surface area (Å²) in [6.07, 6.45) is 7.57. The second-order valence-corrected chi connectivity index (χ2v) is 7.67. The zero-order valence-electron chi connectivity index (χ0n) is 16.2. The fraction of sp³-hybridized carbons (Fsp3) is 0.320. The Morgan fingerprint density at radius 1 is 1.15 bits per heavy atom. The van der Waals surface area contributed by atoms with Crippen molar-refractivity contribution in [2.45, 2.75) is 32.1 Å². The third kappa shape index (κ3) is 4.05. The first-order chi connectivity index (χ1) is 13.2. The fourth-order valence-corrected chi connectivity index (χ4v) is 4.18. The normalized spacial score (nSPS) is 19.2. The maximum absolute atomic E-state index is 4.59. The van der Waals surface area contributed by atoms with Gasteiger partial charge in [-0.25, -0.2) is 0 Å². The van der Waals surface area contributed by atoms with Crippen LogP contribution in [0.4, 0.5) is 0 Å². The van der Waals surface area contributed by atoms with E-state index in [9.17, 15) is 0 Å². The summed E-state index contributed by atoms with van der Waals surface area (Å²) in [5.41, 5.74) is 7.77. The number of aryl methyl sites for hydroxylation is 1. The van der Waals surface area contributed by atoms with Gasteiger partial charge in [-0.15, -0.1) is 0 Å². The van der Waals surface area contributed by atoms with Gasteiger partial charge < -0.3 is 4.90 Å². The van der Waals surface area contributed by atoms with Crippen LogP contribution >= 0.6 is 0 Å². The van der Waals surface area contributed by atoms with Crippen molar-refractivity contribution >= 4 is 11.4 Å². The topological polar surface area (TPSA) is 15.6 Å². The molecule has 2 aromatic carbocycles. The van der Waals surface area contributed by atoms with Crippen LogP contribution < -0.4 is 0 Å². The van der Waals surface area contributed by atoms with Crippen molar-refractivity contribution in [2.24, 2.45) is 4.99 Å². The summed E-state index contributed by atoms with van der Waals surface area (Å²) in [4.78, 5) is 7.04. The first kappa shape index (κ1) is 17.8. The van der Waals surface area contributed by atoms with E-state index >= 15 is 0 Å². The summed E-state index contributed by atoms with van der Waals surface area (Å²) in [6, 6.07) is 17.7. The molecule has 0 saturated carbocycles. The largest absolute Gasteiger partial charge is 0.371 e. The smallest absolute Gasteiger partial charge is 0.0427 e. The monoisotopic (exact) mass is 356 g/mol. The van der Waals surface area contributed by atoms with Crippen molar-refractivity contribution in [3.05, 3.63) is 89.5 Å². The van der Waals surface area contributed by atoms with Gasteiger partial charge in [-0.2, -0.15) is 0 Å². The molecule has 1 unspecified atom stereocenters. The third-order valence-electron chi connectivity index (χ3n) is 5.79. The lowest BCUT2D eigenvalue weighted by molar-refractivity contribution is 0.486. The average Bonchev–Trinajstić information content (AvgIpc) is 3.19. The van der Waals surface area contributed by atoms with E-state index in [2.05, 4.69) is 84.1 Å². The van der Waals surface area contributed by atoms with Gasteiger partial charge in [-0.3, -0.25) is 4.99 Å². The zero-order chi connectivity index (χ0) is 18.6. The quantitative estimate of drug-likeness (QED) is 0.700. The van der Waals surface area contributed by atoms with Gasteiger partial charge in [0.15, 0.2) is 0 Å². The third-order valence-corrected chi connectivity index (χ3v) is 5.79. The number of nitrogens with zero attached hydrogens (tertiary/aromatic N) is 2. The number of dihydropyridines is 1. The van der Waals surface area contributed by atoms with Gasteiger partial charge in [-0.05, 0) is 48.1 Å². The maximum Gasteiger partial charge on any atom is 0.0427 e.